The van der Waals surface area contributed by atoms with Crippen LogP contribution in [0.4, 0.5) is 0 Å². The van der Waals surface area contributed by atoms with Crippen molar-refractivity contribution in [1.29, 1.82) is 0 Å². The van der Waals surface area contributed by atoms with E-state index in [0.29, 0.717) is 5.16 Å². The molecule has 0 saturated heterocycles. The van der Waals surface area contributed by atoms with Crippen LogP contribution in [0.2, 0.25) is 0 Å². The van der Waals surface area contributed by atoms with Crippen LogP contribution >= 0.6 is 34.4 Å². The van der Waals surface area contributed by atoms with E-state index in [1.54, 1.807) is 18.5 Å². The van der Waals surface area contributed by atoms with Crippen LogP contribution in [-0.2, 0) is 4.79 Å². The van der Waals surface area contributed by atoms with Gasteiger partial charge in [-0.25, -0.2) is 9.97 Å². The molecule has 1 aromatic rings. The number of nitrogens with zero attached hydrogens (tertiary/aromatic N) is 2. The number of aromatic nitrogens is 2. The van der Waals surface area contributed by atoms with Gasteiger partial charge in [-0.3, -0.25) is 4.79 Å². The van der Waals surface area contributed by atoms with Gasteiger partial charge < -0.3 is 5.11 Å². The fourth-order valence-corrected chi connectivity index (χ4v) is 1.70. The molecule has 1 unspecified atom stereocenters. The molecule has 0 saturated carbocycles. The monoisotopic (exact) mass is 296 g/mol. The Kier molecular flexibility index (Phi) is 3.73. The maximum Gasteiger partial charge on any atom is 0.327 e. The topological polar surface area (TPSA) is 63.1 Å². The summed E-state index contributed by atoms with van der Waals surface area (Å²) >= 11 is 2.94. The minimum absolute atomic E-state index is 0.485. The lowest BCUT2D eigenvalue weighted by Gasteiger charge is -2.00. The van der Waals surface area contributed by atoms with E-state index in [1.165, 1.54) is 0 Å². The van der Waals surface area contributed by atoms with Crippen LogP contribution in [0.25, 0.3) is 0 Å². The molecular formula is C6H5IN2O2S. The highest BCUT2D eigenvalue weighted by molar-refractivity contribution is 14.1. The normalized spacial score (nSPS) is 12.4. The number of hydrogen-bond acceptors (Lipinski definition) is 4. The van der Waals surface area contributed by atoms with Gasteiger partial charge in [0.2, 0.25) is 0 Å². The number of halogens is 1. The van der Waals surface area contributed by atoms with Crippen molar-refractivity contribution in [2.75, 3.05) is 0 Å². The summed E-state index contributed by atoms with van der Waals surface area (Å²) in [6.07, 6.45) is 3.17. The van der Waals surface area contributed by atoms with Crippen molar-refractivity contribution in [2.24, 2.45) is 0 Å². The number of alkyl halides is 1. The van der Waals surface area contributed by atoms with E-state index in [4.69, 9.17) is 5.11 Å². The molecule has 0 spiro atoms. The standard InChI is InChI=1S/C6H5IN2O2S/c7-4(5(10)11)12-6-8-2-1-3-9-6/h1-4H,(H,10,11). The Bertz CT molecular complexity index is 270. The van der Waals surface area contributed by atoms with Crippen molar-refractivity contribution < 1.29 is 9.90 Å². The molecular weight excluding hydrogens is 291 g/mol. The molecule has 0 aliphatic carbocycles. The Morgan fingerprint density at radius 2 is 2.17 bits per heavy atom. The maximum atomic E-state index is 10.4. The van der Waals surface area contributed by atoms with E-state index in [-0.39, 0.29) is 0 Å². The van der Waals surface area contributed by atoms with Gasteiger partial charge in [0.25, 0.3) is 0 Å². The summed E-state index contributed by atoms with van der Waals surface area (Å²) in [5, 5.41) is 9.04. The first kappa shape index (κ1) is 9.72. The second kappa shape index (κ2) is 4.61. The van der Waals surface area contributed by atoms with E-state index < -0.39 is 9.23 Å². The van der Waals surface area contributed by atoms with E-state index in [1.807, 2.05) is 22.6 Å². The summed E-state index contributed by atoms with van der Waals surface area (Å²) in [6, 6.07) is 1.69. The zero-order valence-electron chi connectivity index (χ0n) is 5.85. The van der Waals surface area contributed by atoms with Crippen molar-refractivity contribution in [3.63, 3.8) is 0 Å². The van der Waals surface area contributed by atoms with Crippen LogP contribution in [0, 0.1) is 0 Å². The molecule has 4 nitrogen and oxygen atoms in total. The molecule has 1 N–H and O–H groups in total. The summed E-state index contributed by atoms with van der Waals surface area (Å²) in [7, 11) is 0. The highest BCUT2D eigenvalue weighted by Crippen LogP contribution is 2.23. The number of aliphatic carboxylic acids is 1. The Morgan fingerprint density at radius 3 is 2.67 bits per heavy atom. The van der Waals surface area contributed by atoms with Crippen LogP contribution < -0.4 is 0 Å². The summed E-state index contributed by atoms with van der Waals surface area (Å²) in [5.74, 6) is -0.868. The quantitative estimate of drug-likeness (QED) is 0.395. The summed E-state index contributed by atoms with van der Waals surface area (Å²) in [4.78, 5) is 18.2. The molecule has 1 aromatic heterocycles. The van der Waals surface area contributed by atoms with Gasteiger partial charge in [-0.15, -0.1) is 0 Å². The zero-order valence-corrected chi connectivity index (χ0v) is 8.82. The van der Waals surface area contributed by atoms with Crippen LogP contribution in [0.1, 0.15) is 0 Å². The van der Waals surface area contributed by atoms with Crippen LogP contribution in [-0.4, -0.2) is 24.3 Å². The molecule has 0 fully saturated rings. The third kappa shape index (κ3) is 2.94. The first-order valence-corrected chi connectivity index (χ1v) is 5.13. The van der Waals surface area contributed by atoms with Gasteiger partial charge in [0.05, 0.1) is 0 Å². The van der Waals surface area contributed by atoms with Crippen LogP contribution in [0.5, 0.6) is 0 Å². The molecule has 0 aromatic carbocycles. The molecule has 64 valence electrons. The van der Waals surface area contributed by atoms with E-state index in [0.717, 1.165) is 11.8 Å². The Labute approximate surface area is 86.9 Å². The average Bonchev–Trinajstić information content (AvgIpc) is 2.06. The largest absolute Gasteiger partial charge is 0.480 e. The molecule has 1 atom stereocenters. The minimum Gasteiger partial charge on any atom is -0.480 e. The Hall–Kier alpha value is -0.370. The van der Waals surface area contributed by atoms with Crippen LogP contribution in [0.3, 0.4) is 0 Å². The van der Waals surface area contributed by atoms with Crippen molar-refractivity contribution in [2.45, 2.75) is 8.41 Å². The molecule has 1 rings (SSSR count). The van der Waals surface area contributed by atoms with Gasteiger partial charge in [-0.2, -0.15) is 0 Å². The second-order valence-electron chi connectivity index (χ2n) is 1.80. The van der Waals surface area contributed by atoms with Gasteiger partial charge in [-0.1, -0.05) is 34.4 Å². The number of hydrogen-bond donors (Lipinski definition) is 1. The molecule has 12 heavy (non-hydrogen) atoms. The van der Waals surface area contributed by atoms with Crippen molar-refractivity contribution in [3.8, 4) is 0 Å². The maximum absolute atomic E-state index is 10.4. The summed E-state index contributed by atoms with van der Waals surface area (Å²) in [6.45, 7) is 0. The minimum atomic E-state index is -0.868. The number of rotatable bonds is 3. The fraction of sp³-hybridized carbons (Fsp3) is 0.167. The third-order valence-corrected chi connectivity index (χ3v) is 3.07. The smallest absolute Gasteiger partial charge is 0.327 e. The van der Waals surface area contributed by atoms with Crippen LogP contribution in [0.15, 0.2) is 23.6 Å². The number of carboxylic acid groups (broad SMARTS) is 1. The SMILES string of the molecule is O=C(O)C(I)Sc1ncccn1. The van der Waals surface area contributed by atoms with Crippen molar-refractivity contribution >= 4 is 40.3 Å². The lowest BCUT2D eigenvalue weighted by Crippen LogP contribution is -2.08. The van der Waals surface area contributed by atoms with E-state index in [9.17, 15) is 4.79 Å². The lowest BCUT2D eigenvalue weighted by atomic mass is 10.7. The zero-order chi connectivity index (χ0) is 8.97. The molecule has 0 radical (unpaired) electrons. The van der Waals surface area contributed by atoms with Gasteiger partial charge >= 0.3 is 5.97 Å². The van der Waals surface area contributed by atoms with Crippen molar-refractivity contribution in [3.05, 3.63) is 18.5 Å². The summed E-state index contributed by atoms with van der Waals surface area (Å²) in [5.41, 5.74) is 0. The highest BCUT2D eigenvalue weighted by Gasteiger charge is 2.15. The molecule has 0 bridgehead atoms. The summed E-state index contributed by atoms with van der Waals surface area (Å²) < 4.78 is -0.537. The van der Waals surface area contributed by atoms with Gasteiger partial charge in [0, 0.05) is 12.4 Å². The average molecular weight is 296 g/mol. The van der Waals surface area contributed by atoms with Crippen molar-refractivity contribution in [1.82, 2.24) is 9.97 Å². The molecule has 0 aliphatic rings. The first-order chi connectivity index (χ1) is 5.70. The Balaban J connectivity index is 2.58. The molecule has 0 amide bonds. The second-order valence-corrected chi connectivity index (χ2v) is 4.97. The Morgan fingerprint density at radius 1 is 1.58 bits per heavy atom. The molecule has 0 aliphatic heterocycles. The van der Waals surface area contributed by atoms with Gasteiger partial charge in [0.1, 0.15) is 0 Å². The van der Waals surface area contributed by atoms with E-state index >= 15 is 0 Å². The number of thioether (sulfide) groups is 1. The predicted molar refractivity (Wildman–Crippen MR) is 53.3 cm³/mol. The third-order valence-electron chi connectivity index (χ3n) is 0.945. The highest BCUT2D eigenvalue weighted by atomic mass is 127. The van der Waals surface area contributed by atoms with Gasteiger partial charge in [0.15, 0.2) is 8.41 Å². The number of carboxylic acids is 1. The van der Waals surface area contributed by atoms with E-state index in [2.05, 4.69) is 9.97 Å². The van der Waals surface area contributed by atoms with Gasteiger partial charge in [-0.05, 0) is 6.07 Å². The fourth-order valence-electron chi connectivity index (χ4n) is 0.489. The number of carbonyl (C=O) groups is 1. The predicted octanol–water partition coefficient (Wildman–Crippen LogP) is 1.41. The lowest BCUT2D eigenvalue weighted by molar-refractivity contribution is -0.134. The molecule has 1 heterocycles. The molecule has 6 heteroatoms. The first-order valence-electron chi connectivity index (χ1n) is 3.00.